The monoisotopic (exact) mass is 456 g/mol. The first kappa shape index (κ1) is 23.8. The van der Waals surface area contributed by atoms with Crippen molar-refractivity contribution in [2.24, 2.45) is 33.7 Å². The highest BCUT2D eigenvalue weighted by Crippen LogP contribution is 2.67. The Morgan fingerprint density at radius 2 is 1.97 bits per heavy atom. The van der Waals surface area contributed by atoms with E-state index in [1.165, 1.54) is 12.5 Å². The zero-order valence-corrected chi connectivity index (χ0v) is 19.9. The molecule has 0 aromatic rings. The number of hydrogen-bond acceptors (Lipinski definition) is 5. The van der Waals surface area contributed by atoms with Crippen LogP contribution in [0.4, 0.5) is 0 Å². The van der Waals surface area contributed by atoms with Crippen molar-refractivity contribution in [1.82, 2.24) is 5.32 Å². The quantitative estimate of drug-likeness (QED) is 0.435. The summed E-state index contributed by atoms with van der Waals surface area (Å²) in [5.41, 5.74) is 1.21. The lowest BCUT2D eigenvalue weighted by atomic mass is 9.46. The summed E-state index contributed by atoms with van der Waals surface area (Å²) in [6.07, 6.45) is 15.6. The van der Waals surface area contributed by atoms with Gasteiger partial charge in [0.05, 0.1) is 5.71 Å². The molecule has 0 aliphatic heterocycles. The van der Waals surface area contributed by atoms with E-state index < -0.39 is 23.5 Å². The Bertz CT molecular complexity index is 935. The van der Waals surface area contributed by atoms with Crippen LogP contribution in [0, 0.1) is 40.9 Å². The summed E-state index contributed by atoms with van der Waals surface area (Å²) in [6.45, 7) is 5.70. The Labute approximate surface area is 196 Å². The second kappa shape index (κ2) is 8.47. The van der Waals surface area contributed by atoms with Crippen molar-refractivity contribution >= 4 is 17.6 Å². The van der Waals surface area contributed by atoms with E-state index in [9.17, 15) is 14.7 Å². The fourth-order valence-corrected chi connectivity index (χ4v) is 7.41. The molecule has 4 rings (SSSR count). The summed E-state index contributed by atoms with van der Waals surface area (Å²) >= 11 is 0. The van der Waals surface area contributed by atoms with Crippen LogP contribution in [0.3, 0.4) is 0 Å². The molecule has 180 valence electrons. The number of nitrogens with one attached hydrogen (secondary N) is 1. The SMILES string of the molecule is C#C[C@@]1(O)CC[C@H]2[C@@H]3CCC4=C/C(=N/OCC(=O)N[C@@H](C)C(=O)O)CC[C@]4(C)[C@H]3CC[C@@]21C. The lowest BCUT2D eigenvalue weighted by molar-refractivity contribution is -0.142. The number of fused-ring (bicyclic) bond motifs is 5. The molecule has 0 saturated heterocycles. The molecule has 0 radical (unpaired) electrons. The molecule has 0 spiro atoms. The van der Waals surface area contributed by atoms with Crippen LogP contribution in [0.5, 0.6) is 0 Å². The number of allylic oxidation sites excluding steroid dienone is 2. The summed E-state index contributed by atoms with van der Waals surface area (Å²) in [5.74, 6) is 2.80. The molecule has 7 nitrogen and oxygen atoms in total. The highest BCUT2D eigenvalue weighted by molar-refractivity contribution is 5.96. The normalized spacial score (nSPS) is 41.6. The predicted molar refractivity (Wildman–Crippen MR) is 124 cm³/mol. The van der Waals surface area contributed by atoms with Crippen LogP contribution < -0.4 is 5.32 Å². The van der Waals surface area contributed by atoms with Crippen molar-refractivity contribution < 1.29 is 24.6 Å². The standard InChI is InChI=1S/C26H36N2O5/c1-5-26(32)13-10-21-19-7-6-17-14-18(28-33-15-22(29)27-16(2)23(30)31)8-11-24(17,3)20(19)9-12-25(21,26)4/h1,14,16,19-21,32H,6-13,15H2,2-4H3,(H,27,29)(H,30,31)/b28-18+/t16-,19+,20-,21-,24-,25-,26+/m0/s1. The van der Waals surface area contributed by atoms with Gasteiger partial charge in [-0.1, -0.05) is 30.5 Å². The topological polar surface area (TPSA) is 108 Å². The molecule has 0 bridgehead atoms. The first-order valence-electron chi connectivity index (χ1n) is 12.2. The van der Waals surface area contributed by atoms with Gasteiger partial charge in [0.15, 0.2) is 6.61 Å². The van der Waals surface area contributed by atoms with E-state index in [1.54, 1.807) is 0 Å². The van der Waals surface area contributed by atoms with Crippen LogP contribution in [-0.4, -0.2) is 46.1 Å². The van der Waals surface area contributed by atoms with E-state index in [1.807, 2.05) is 0 Å². The van der Waals surface area contributed by atoms with Crippen LogP contribution in [-0.2, 0) is 14.4 Å². The number of aliphatic hydroxyl groups is 1. The Hall–Kier alpha value is -2.33. The number of rotatable bonds is 5. The third-order valence-corrected chi connectivity index (χ3v) is 9.49. The molecular weight excluding hydrogens is 420 g/mol. The molecule has 3 fully saturated rings. The minimum atomic E-state index is -1.09. The van der Waals surface area contributed by atoms with Crippen molar-refractivity contribution in [3.05, 3.63) is 11.6 Å². The minimum Gasteiger partial charge on any atom is -0.480 e. The number of carboxylic acids is 1. The molecule has 1 amide bonds. The smallest absolute Gasteiger partial charge is 0.325 e. The molecule has 3 N–H and O–H groups in total. The van der Waals surface area contributed by atoms with Crippen LogP contribution in [0.2, 0.25) is 0 Å². The number of oxime groups is 1. The molecule has 0 heterocycles. The van der Waals surface area contributed by atoms with Gasteiger partial charge in [0.2, 0.25) is 0 Å². The Morgan fingerprint density at radius 1 is 1.24 bits per heavy atom. The Kier molecular flexibility index (Phi) is 6.11. The van der Waals surface area contributed by atoms with Crippen molar-refractivity contribution in [2.75, 3.05) is 6.61 Å². The molecule has 4 aliphatic carbocycles. The van der Waals surface area contributed by atoms with Gasteiger partial charge in [-0.3, -0.25) is 9.59 Å². The van der Waals surface area contributed by atoms with Gasteiger partial charge in [-0.15, -0.1) is 6.42 Å². The van der Waals surface area contributed by atoms with Crippen LogP contribution in [0.15, 0.2) is 16.8 Å². The van der Waals surface area contributed by atoms with Crippen molar-refractivity contribution in [3.8, 4) is 12.3 Å². The summed E-state index contributed by atoms with van der Waals surface area (Å²) in [4.78, 5) is 27.9. The zero-order valence-electron chi connectivity index (χ0n) is 19.9. The van der Waals surface area contributed by atoms with E-state index >= 15 is 0 Å². The van der Waals surface area contributed by atoms with Gasteiger partial charge in [0, 0.05) is 5.41 Å². The molecule has 0 aromatic heterocycles. The number of amides is 1. The number of carbonyl (C=O) groups excluding carboxylic acids is 1. The third-order valence-electron chi connectivity index (χ3n) is 9.49. The van der Waals surface area contributed by atoms with E-state index in [4.69, 9.17) is 16.4 Å². The van der Waals surface area contributed by atoms with Gasteiger partial charge in [-0.2, -0.15) is 0 Å². The van der Waals surface area contributed by atoms with Crippen molar-refractivity contribution in [2.45, 2.75) is 83.8 Å². The zero-order chi connectivity index (χ0) is 24.0. The maximum Gasteiger partial charge on any atom is 0.325 e. The van der Waals surface area contributed by atoms with Gasteiger partial charge in [0.25, 0.3) is 5.91 Å². The maximum atomic E-state index is 11.8. The van der Waals surface area contributed by atoms with Gasteiger partial charge in [-0.25, -0.2) is 0 Å². The van der Waals surface area contributed by atoms with Crippen LogP contribution >= 0.6 is 0 Å². The molecular formula is C26H36N2O5. The van der Waals surface area contributed by atoms with E-state index in [2.05, 4.69) is 36.3 Å². The van der Waals surface area contributed by atoms with E-state index in [0.29, 0.717) is 24.2 Å². The number of aliphatic carboxylic acids is 1. The average molecular weight is 457 g/mol. The molecule has 4 aliphatic rings. The molecule has 7 atom stereocenters. The molecule has 0 unspecified atom stereocenters. The van der Waals surface area contributed by atoms with Crippen LogP contribution in [0.25, 0.3) is 0 Å². The molecule has 7 heteroatoms. The first-order chi connectivity index (χ1) is 15.5. The Morgan fingerprint density at radius 3 is 2.67 bits per heavy atom. The van der Waals surface area contributed by atoms with Crippen LogP contribution in [0.1, 0.15) is 72.1 Å². The summed E-state index contributed by atoms with van der Waals surface area (Å²) in [6, 6.07) is -0.963. The minimum absolute atomic E-state index is 0.119. The number of terminal acetylenes is 1. The summed E-state index contributed by atoms with van der Waals surface area (Å²) in [5, 5.41) is 26.5. The molecule has 33 heavy (non-hydrogen) atoms. The second-order valence-electron chi connectivity index (χ2n) is 11.0. The fourth-order valence-electron chi connectivity index (χ4n) is 7.41. The highest BCUT2D eigenvalue weighted by atomic mass is 16.6. The Balaban J connectivity index is 1.43. The third kappa shape index (κ3) is 3.86. The number of carboxylic acid groups (broad SMARTS) is 1. The second-order valence-corrected chi connectivity index (χ2v) is 11.0. The van der Waals surface area contributed by atoms with Gasteiger partial charge in [0.1, 0.15) is 11.6 Å². The first-order valence-corrected chi connectivity index (χ1v) is 12.2. The number of carbonyl (C=O) groups is 2. The van der Waals surface area contributed by atoms with E-state index in [0.717, 1.165) is 50.7 Å². The van der Waals surface area contributed by atoms with Gasteiger partial charge >= 0.3 is 5.97 Å². The largest absolute Gasteiger partial charge is 0.480 e. The van der Waals surface area contributed by atoms with Crippen molar-refractivity contribution in [1.29, 1.82) is 0 Å². The van der Waals surface area contributed by atoms with Gasteiger partial charge in [-0.05, 0) is 87.5 Å². The fraction of sp³-hybridized carbons (Fsp3) is 0.731. The van der Waals surface area contributed by atoms with Gasteiger partial charge < -0.3 is 20.4 Å². The summed E-state index contributed by atoms with van der Waals surface area (Å²) < 4.78 is 0. The predicted octanol–water partition coefficient (Wildman–Crippen LogP) is 3.28. The molecule has 0 aromatic carbocycles. The highest BCUT2D eigenvalue weighted by Gasteiger charge is 2.63. The lowest BCUT2D eigenvalue weighted by Crippen LogP contribution is -2.54. The lowest BCUT2D eigenvalue weighted by Gasteiger charge is -2.58. The maximum absolute atomic E-state index is 11.8. The van der Waals surface area contributed by atoms with Crippen molar-refractivity contribution in [3.63, 3.8) is 0 Å². The molecule has 3 saturated carbocycles. The average Bonchev–Trinajstić information content (AvgIpc) is 3.05. The number of hydrogen-bond donors (Lipinski definition) is 3. The summed E-state index contributed by atoms with van der Waals surface area (Å²) in [7, 11) is 0. The van der Waals surface area contributed by atoms with E-state index in [-0.39, 0.29) is 17.4 Å². The number of nitrogens with zero attached hydrogens (tertiary/aromatic N) is 1.